The van der Waals surface area contributed by atoms with Crippen LogP contribution in [0.25, 0.3) is 0 Å². The summed E-state index contributed by atoms with van der Waals surface area (Å²) < 4.78 is 1.32. The van der Waals surface area contributed by atoms with Crippen LogP contribution in [-0.4, -0.2) is 25.8 Å². The Morgan fingerprint density at radius 1 is 0.792 bits per heavy atom. The fourth-order valence-electron chi connectivity index (χ4n) is 3.03. The minimum absolute atomic E-state index is 0.150. The normalized spacial score (nSPS) is 16.2. The summed E-state index contributed by atoms with van der Waals surface area (Å²) in [7, 11) is 0. The number of nitrogens with zero attached hydrogens (tertiary/aromatic N) is 1. The maximum atomic E-state index is 12.9. The van der Waals surface area contributed by atoms with Gasteiger partial charge in [0.25, 0.3) is 0 Å². The molecule has 1 aliphatic rings. The molecule has 24 heavy (non-hydrogen) atoms. The van der Waals surface area contributed by atoms with Crippen LogP contribution in [0.15, 0.2) is 84.9 Å². The van der Waals surface area contributed by atoms with Crippen LogP contribution in [-0.2, 0) is 6.54 Å². The molecule has 3 aromatic carbocycles. The third-order valence-electron chi connectivity index (χ3n) is 4.19. The molecule has 118 valence electrons. The van der Waals surface area contributed by atoms with E-state index in [-0.39, 0.29) is 25.8 Å². The molecule has 1 atom stereocenters. The molecule has 0 fully saturated rings. The van der Waals surface area contributed by atoms with Gasteiger partial charge in [-0.05, 0) is 0 Å². The van der Waals surface area contributed by atoms with Crippen LogP contribution < -0.4 is 4.46 Å². The number of amides is 1. The van der Waals surface area contributed by atoms with Gasteiger partial charge in [-0.15, -0.1) is 0 Å². The quantitative estimate of drug-likeness (QED) is 0.638. The van der Waals surface area contributed by atoms with E-state index >= 15 is 0 Å². The zero-order chi connectivity index (χ0) is 16.4. The fraction of sp³-hybridized carbons (Fsp3) is 0.0952. The number of rotatable bonds is 4. The van der Waals surface area contributed by atoms with Crippen molar-refractivity contribution in [1.29, 1.82) is 0 Å². The van der Waals surface area contributed by atoms with Crippen molar-refractivity contribution in [3.05, 3.63) is 102 Å². The molecule has 0 N–H and O–H groups in total. The van der Waals surface area contributed by atoms with Gasteiger partial charge in [0, 0.05) is 0 Å². The van der Waals surface area contributed by atoms with Gasteiger partial charge in [-0.1, -0.05) is 0 Å². The molecular formula is C21H17NOSe. The Morgan fingerprint density at radius 3 is 2.17 bits per heavy atom. The van der Waals surface area contributed by atoms with Gasteiger partial charge in [-0.25, -0.2) is 0 Å². The van der Waals surface area contributed by atoms with Gasteiger partial charge in [0.05, 0.1) is 0 Å². The van der Waals surface area contributed by atoms with E-state index in [1.807, 2.05) is 47.4 Å². The van der Waals surface area contributed by atoms with Crippen molar-refractivity contribution in [2.24, 2.45) is 0 Å². The van der Waals surface area contributed by atoms with Gasteiger partial charge >= 0.3 is 148 Å². The Labute approximate surface area is 148 Å². The van der Waals surface area contributed by atoms with Crippen molar-refractivity contribution in [2.75, 3.05) is 0 Å². The van der Waals surface area contributed by atoms with E-state index in [4.69, 9.17) is 0 Å². The summed E-state index contributed by atoms with van der Waals surface area (Å²) in [4.78, 5) is 15.1. The predicted octanol–water partition coefficient (Wildman–Crippen LogP) is 3.37. The first-order valence-corrected chi connectivity index (χ1v) is 9.83. The van der Waals surface area contributed by atoms with E-state index in [1.54, 1.807) is 0 Å². The van der Waals surface area contributed by atoms with Crippen molar-refractivity contribution in [2.45, 2.75) is 11.5 Å². The number of hydrogen-bond acceptors (Lipinski definition) is 1. The second-order valence-corrected chi connectivity index (χ2v) is 8.21. The summed E-state index contributed by atoms with van der Waals surface area (Å²) in [5, 5.41) is 0. The van der Waals surface area contributed by atoms with Crippen molar-refractivity contribution >= 4 is 25.3 Å². The zero-order valence-electron chi connectivity index (χ0n) is 13.1. The molecule has 3 heteroatoms. The van der Waals surface area contributed by atoms with Gasteiger partial charge < -0.3 is 0 Å². The second kappa shape index (κ2) is 6.64. The van der Waals surface area contributed by atoms with Crippen LogP contribution in [0.1, 0.15) is 26.4 Å². The first kappa shape index (κ1) is 15.2. The van der Waals surface area contributed by atoms with Gasteiger partial charge in [0.2, 0.25) is 0 Å². The van der Waals surface area contributed by atoms with E-state index in [9.17, 15) is 4.79 Å². The predicted molar refractivity (Wildman–Crippen MR) is 97.3 cm³/mol. The van der Waals surface area contributed by atoms with Crippen molar-refractivity contribution < 1.29 is 4.79 Å². The van der Waals surface area contributed by atoms with Crippen molar-refractivity contribution in [3.63, 3.8) is 0 Å². The Kier molecular flexibility index (Phi) is 4.20. The summed E-state index contributed by atoms with van der Waals surface area (Å²) in [6.45, 7) is 0.660. The van der Waals surface area contributed by atoms with E-state index in [0.29, 0.717) is 6.54 Å². The van der Waals surface area contributed by atoms with E-state index in [0.717, 1.165) is 5.56 Å². The van der Waals surface area contributed by atoms with Crippen LogP contribution in [0.4, 0.5) is 0 Å². The summed E-state index contributed by atoms with van der Waals surface area (Å²) >= 11 is 0.179. The summed E-state index contributed by atoms with van der Waals surface area (Å²) in [5.74, 6) is 0.150. The molecule has 2 nitrogen and oxygen atoms in total. The fourth-order valence-corrected chi connectivity index (χ4v) is 5.55. The molecule has 0 aliphatic carbocycles. The first-order chi connectivity index (χ1) is 11.8. The molecule has 0 aromatic heterocycles. The Hall–Kier alpha value is -2.35. The molecule has 0 saturated carbocycles. The topological polar surface area (TPSA) is 20.3 Å². The molecule has 0 saturated heterocycles. The van der Waals surface area contributed by atoms with Gasteiger partial charge in [0.15, 0.2) is 0 Å². The zero-order valence-corrected chi connectivity index (χ0v) is 14.8. The minimum atomic E-state index is 0.150. The van der Waals surface area contributed by atoms with Gasteiger partial charge in [0.1, 0.15) is 0 Å². The number of fused-ring (bicyclic) bond motifs is 1. The Balaban J connectivity index is 1.69. The molecule has 3 aromatic rings. The molecule has 1 amide bonds. The molecule has 4 rings (SSSR count). The third kappa shape index (κ3) is 2.89. The van der Waals surface area contributed by atoms with Crippen molar-refractivity contribution in [1.82, 2.24) is 4.90 Å². The maximum absolute atomic E-state index is 12.9. The van der Waals surface area contributed by atoms with Crippen LogP contribution in [0.3, 0.4) is 0 Å². The van der Waals surface area contributed by atoms with Crippen LogP contribution in [0.5, 0.6) is 0 Å². The number of carbonyl (C=O) groups is 1. The SMILES string of the molecule is O=C1c2ccccc2C([Se]c2ccccc2)N1Cc1ccccc1. The first-order valence-electron chi connectivity index (χ1n) is 7.98. The van der Waals surface area contributed by atoms with E-state index in [1.165, 1.54) is 15.6 Å². The summed E-state index contributed by atoms with van der Waals surface area (Å²) in [5.41, 5.74) is 3.20. The van der Waals surface area contributed by atoms with Crippen LogP contribution >= 0.6 is 0 Å². The molecule has 1 heterocycles. The number of benzene rings is 3. The van der Waals surface area contributed by atoms with E-state index < -0.39 is 0 Å². The van der Waals surface area contributed by atoms with E-state index in [2.05, 4.69) is 42.5 Å². The summed E-state index contributed by atoms with van der Waals surface area (Å²) in [6.07, 6.45) is 0. The average molecular weight is 378 g/mol. The monoisotopic (exact) mass is 379 g/mol. The average Bonchev–Trinajstić information content (AvgIpc) is 2.90. The van der Waals surface area contributed by atoms with Crippen LogP contribution in [0.2, 0.25) is 0 Å². The molecule has 0 radical (unpaired) electrons. The van der Waals surface area contributed by atoms with Gasteiger partial charge in [-0.2, -0.15) is 0 Å². The Morgan fingerprint density at radius 2 is 1.42 bits per heavy atom. The summed E-state index contributed by atoms with van der Waals surface area (Å²) in [6, 6.07) is 28.8. The third-order valence-corrected chi connectivity index (χ3v) is 6.87. The standard InChI is InChI=1S/C21H17NOSe/c23-20-18-13-7-8-14-19(18)21(24-17-11-5-2-6-12-17)22(20)15-16-9-3-1-4-10-16/h1-14,21H,15H2. The number of carbonyl (C=O) groups excluding carboxylic acids is 1. The second-order valence-electron chi connectivity index (χ2n) is 5.79. The molecule has 0 bridgehead atoms. The molecule has 1 aliphatic heterocycles. The molecule has 0 spiro atoms. The van der Waals surface area contributed by atoms with Crippen molar-refractivity contribution in [3.8, 4) is 0 Å². The van der Waals surface area contributed by atoms with Gasteiger partial charge in [-0.3, -0.25) is 0 Å². The Bertz CT molecular complexity index is 848. The number of hydrogen-bond donors (Lipinski definition) is 0. The molecular weight excluding hydrogens is 361 g/mol. The van der Waals surface area contributed by atoms with Crippen LogP contribution in [0, 0.1) is 0 Å². The molecule has 1 unspecified atom stereocenters.